The minimum absolute atomic E-state index is 0.0186. The van der Waals surface area contributed by atoms with Crippen LogP contribution < -0.4 is 0 Å². The van der Waals surface area contributed by atoms with Gasteiger partial charge in [0.2, 0.25) is 0 Å². The molecule has 0 aliphatic carbocycles. The van der Waals surface area contributed by atoms with Crippen LogP contribution in [-0.4, -0.2) is 84.6 Å². The largest absolute Gasteiger partial charge is 0.466 e. The normalized spacial score (nSPS) is 14.5. The third-order valence-corrected chi connectivity index (χ3v) is 6.43. The van der Waals surface area contributed by atoms with Crippen LogP contribution in [0.3, 0.4) is 0 Å². The Bertz CT molecular complexity index is 881. The average molecular weight is 651 g/mol. The lowest BCUT2D eigenvalue weighted by molar-refractivity contribution is -0.144. The van der Waals surface area contributed by atoms with Gasteiger partial charge in [-0.25, -0.2) is 0 Å². The van der Waals surface area contributed by atoms with Crippen LogP contribution >= 0.6 is 0 Å². The zero-order chi connectivity index (χ0) is 34.5. The zero-order valence-electron chi connectivity index (χ0n) is 27.5. The highest BCUT2D eigenvalue weighted by molar-refractivity contribution is 5.70. The zero-order valence-corrected chi connectivity index (χ0v) is 27.5. The summed E-state index contributed by atoms with van der Waals surface area (Å²) in [6.07, 6.45) is 28.1. The monoisotopic (exact) mass is 650 g/mol. The number of carbonyl (C=O) groups is 3. The summed E-state index contributed by atoms with van der Waals surface area (Å²) in [4.78, 5) is 32.5. The van der Waals surface area contributed by atoms with Crippen molar-refractivity contribution >= 4 is 17.9 Å². The molecule has 1 aliphatic rings. The smallest absolute Gasteiger partial charge is 0.308 e. The molecule has 0 radical (unpaired) electrons. The van der Waals surface area contributed by atoms with E-state index in [1.807, 2.05) is 36.5 Å². The Kier molecular flexibility index (Phi) is 35.2. The maximum absolute atomic E-state index is 11.0. The molecule has 2 atom stereocenters. The highest BCUT2D eigenvalue weighted by Gasteiger charge is 2.06. The lowest BCUT2D eigenvalue weighted by Crippen LogP contribution is -2.06. The summed E-state index contributed by atoms with van der Waals surface area (Å²) in [6, 6.07) is 0. The fourth-order valence-corrected chi connectivity index (χ4v) is 3.76. The van der Waals surface area contributed by atoms with Gasteiger partial charge in [-0.3, -0.25) is 14.4 Å². The number of cyclic esters (lactones) is 1. The molecule has 0 saturated carbocycles. The van der Waals surface area contributed by atoms with Gasteiger partial charge in [-0.1, -0.05) is 60.8 Å². The van der Waals surface area contributed by atoms with Gasteiger partial charge in [-0.05, 0) is 69.6 Å². The third kappa shape index (κ3) is 33.6. The van der Waals surface area contributed by atoms with Crippen molar-refractivity contribution in [2.75, 3.05) is 46.2 Å². The Balaban J connectivity index is 0. The fraction of sp³-hybridized carbons (Fsp3) is 0.583. The van der Waals surface area contributed by atoms with Crippen LogP contribution in [0.25, 0.3) is 0 Å². The lowest BCUT2D eigenvalue weighted by atomic mass is 9.99. The number of ether oxygens (including phenoxy) is 3. The van der Waals surface area contributed by atoms with E-state index in [0.717, 1.165) is 57.8 Å². The summed E-state index contributed by atoms with van der Waals surface area (Å²) >= 11 is 0. The van der Waals surface area contributed by atoms with Crippen molar-refractivity contribution < 1.29 is 49.0 Å². The first-order valence-electron chi connectivity index (χ1n) is 16.1. The number of hydrogen-bond donors (Lipinski definition) is 4. The maximum atomic E-state index is 11.0. The Labute approximate surface area is 275 Å². The number of aliphatic hydroxyl groups excluding tert-OH is 4. The predicted molar refractivity (Wildman–Crippen MR) is 181 cm³/mol. The van der Waals surface area contributed by atoms with Gasteiger partial charge in [0.1, 0.15) is 13.2 Å². The first kappa shape index (κ1) is 44.8. The van der Waals surface area contributed by atoms with Gasteiger partial charge in [-0.15, -0.1) is 13.2 Å². The van der Waals surface area contributed by atoms with E-state index in [4.69, 9.17) is 34.6 Å². The predicted octanol–water partition coefficient (Wildman–Crippen LogP) is 5.08. The van der Waals surface area contributed by atoms with Crippen LogP contribution in [0.2, 0.25) is 0 Å². The molecule has 0 aromatic heterocycles. The van der Waals surface area contributed by atoms with Crippen LogP contribution in [0, 0.1) is 11.8 Å². The highest BCUT2D eigenvalue weighted by Crippen LogP contribution is 2.14. The summed E-state index contributed by atoms with van der Waals surface area (Å²) < 4.78 is 14.5. The van der Waals surface area contributed by atoms with E-state index in [1.54, 1.807) is 24.3 Å². The molecule has 2 unspecified atom stereocenters. The standard InChI is InChI=1S/C18H28O6.C12H20O2.C6H10O2/c1-2-16(9-5-7-15-24-18(22)11-13-20)8-4-3-6-14-23-17(21)10-12-19;1-2-12(9-5-7-11-14)8-4-3-6-10-13;7-6-4-2-1-3-5-8-6/h2-3,5-7,16,19-20H,1,4,8-15H2;2-3,5-7,12-14H,1,4,8-11H2;1-5H2/b2*6-3+,7-5-;. The summed E-state index contributed by atoms with van der Waals surface area (Å²) in [6.45, 7) is 8.47. The Morgan fingerprint density at radius 2 is 1.17 bits per heavy atom. The summed E-state index contributed by atoms with van der Waals surface area (Å²) in [5.74, 6) is -0.0668. The van der Waals surface area contributed by atoms with Crippen molar-refractivity contribution in [3.8, 4) is 0 Å². The van der Waals surface area contributed by atoms with Crippen molar-refractivity contribution in [3.05, 3.63) is 73.9 Å². The van der Waals surface area contributed by atoms with Gasteiger partial charge in [0.25, 0.3) is 0 Å². The molecule has 0 spiro atoms. The summed E-state index contributed by atoms with van der Waals surface area (Å²) in [7, 11) is 0. The third-order valence-electron chi connectivity index (χ3n) is 6.43. The van der Waals surface area contributed by atoms with Crippen molar-refractivity contribution in [2.45, 2.75) is 77.0 Å². The minimum Gasteiger partial charge on any atom is -0.466 e. The van der Waals surface area contributed by atoms with Crippen molar-refractivity contribution in [1.82, 2.24) is 0 Å². The fourth-order valence-electron chi connectivity index (χ4n) is 3.76. The number of allylic oxidation sites excluding steroid dienone is 6. The molecular formula is C36H58O10. The molecular weight excluding hydrogens is 592 g/mol. The van der Waals surface area contributed by atoms with Gasteiger partial charge in [0.05, 0.1) is 45.9 Å². The molecule has 262 valence electrons. The minimum atomic E-state index is -0.410. The first-order chi connectivity index (χ1) is 22.4. The molecule has 1 heterocycles. The molecule has 0 aromatic rings. The molecule has 10 heteroatoms. The average Bonchev–Trinajstić information content (AvgIpc) is 3.30. The molecule has 1 saturated heterocycles. The Morgan fingerprint density at radius 3 is 1.67 bits per heavy atom. The molecule has 46 heavy (non-hydrogen) atoms. The van der Waals surface area contributed by atoms with Gasteiger partial charge >= 0.3 is 17.9 Å². The first-order valence-corrected chi connectivity index (χ1v) is 16.1. The van der Waals surface area contributed by atoms with Crippen LogP contribution in [0.4, 0.5) is 0 Å². The summed E-state index contributed by atoms with van der Waals surface area (Å²) in [5.41, 5.74) is 0. The van der Waals surface area contributed by atoms with Gasteiger partial charge in [-0.2, -0.15) is 0 Å². The molecule has 1 aliphatic heterocycles. The van der Waals surface area contributed by atoms with E-state index < -0.39 is 11.9 Å². The molecule has 1 fully saturated rings. The van der Waals surface area contributed by atoms with E-state index in [0.29, 0.717) is 24.9 Å². The quantitative estimate of drug-likeness (QED) is 0.0707. The van der Waals surface area contributed by atoms with E-state index in [1.165, 1.54) is 0 Å². The van der Waals surface area contributed by atoms with Gasteiger partial charge in [0.15, 0.2) is 0 Å². The molecule has 0 aromatic carbocycles. The van der Waals surface area contributed by atoms with E-state index >= 15 is 0 Å². The number of aliphatic hydroxyl groups is 4. The number of hydrogen-bond acceptors (Lipinski definition) is 10. The molecule has 10 nitrogen and oxygen atoms in total. The lowest BCUT2D eigenvalue weighted by Gasteiger charge is -2.07. The Morgan fingerprint density at radius 1 is 0.696 bits per heavy atom. The van der Waals surface area contributed by atoms with Crippen LogP contribution in [0.15, 0.2) is 73.9 Å². The van der Waals surface area contributed by atoms with Crippen molar-refractivity contribution in [3.63, 3.8) is 0 Å². The van der Waals surface area contributed by atoms with E-state index in [-0.39, 0.29) is 58.5 Å². The topological polar surface area (TPSA) is 160 Å². The number of carbonyl (C=O) groups excluding carboxylic acids is 3. The van der Waals surface area contributed by atoms with E-state index in [9.17, 15) is 14.4 Å². The summed E-state index contributed by atoms with van der Waals surface area (Å²) in [5, 5.41) is 34.2. The maximum Gasteiger partial charge on any atom is 0.308 e. The molecule has 4 N–H and O–H groups in total. The van der Waals surface area contributed by atoms with E-state index in [2.05, 4.69) is 13.2 Å². The highest BCUT2D eigenvalue weighted by atomic mass is 16.5. The molecule has 1 rings (SSSR count). The number of rotatable bonds is 22. The van der Waals surface area contributed by atoms with Crippen LogP contribution in [-0.2, 0) is 28.6 Å². The second-order valence-electron chi connectivity index (χ2n) is 10.2. The molecule has 0 bridgehead atoms. The SMILES string of the molecule is C=CC(C/C=C\CO)CC/C=C/CO.C=CC(C/C=C\COC(=O)CCO)CC/C=C/COC(=O)CCO.O=C1CCCCCO1. The van der Waals surface area contributed by atoms with Crippen LogP contribution in [0.5, 0.6) is 0 Å². The molecule has 0 amide bonds. The van der Waals surface area contributed by atoms with Gasteiger partial charge < -0.3 is 34.6 Å². The second kappa shape index (κ2) is 36.2. The van der Waals surface area contributed by atoms with Gasteiger partial charge in [0, 0.05) is 6.42 Å². The van der Waals surface area contributed by atoms with Crippen molar-refractivity contribution in [1.29, 1.82) is 0 Å². The second-order valence-corrected chi connectivity index (χ2v) is 10.2. The van der Waals surface area contributed by atoms with Crippen LogP contribution in [0.1, 0.15) is 77.0 Å². The number of esters is 3. The van der Waals surface area contributed by atoms with Crippen molar-refractivity contribution in [2.24, 2.45) is 11.8 Å². The Hall–Kier alpha value is -3.31.